The van der Waals surface area contributed by atoms with Gasteiger partial charge in [-0.15, -0.1) is 4.91 Å². The Morgan fingerprint density at radius 1 is 1.58 bits per heavy atom. The van der Waals surface area contributed by atoms with Gasteiger partial charge < -0.3 is 5.32 Å². The molecule has 0 atom stereocenters. The Morgan fingerprint density at radius 3 is 2.92 bits per heavy atom. The number of rotatable bonds is 3. The molecule has 0 saturated carbocycles. The number of hydrogen-bond acceptors (Lipinski definition) is 3. The van der Waals surface area contributed by atoms with Gasteiger partial charge in [-0.25, -0.2) is 0 Å². The molecule has 4 heteroatoms. The summed E-state index contributed by atoms with van der Waals surface area (Å²) in [6.45, 7) is 0.648. The lowest BCUT2D eigenvalue weighted by Crippen LogP contribution is -2.16. The maximum absolute atomic E-state index is 10.2. The first kappa shape index (κ1) is 8.94. The van der Waals surface area contributed by atoms with Crippen LogP contribution in [0.15, 0.2) is 23.4 Å². The van der Waals surface area contributed by atoms with E-state index in [1.807, 2.05) is 7.05 Å². The molecule has 0 unspecified atom stereocenters. The van der Waals surface area contributed by atoms with Crippen LogP contribution in [0.25, 0.3) is 0 Å². The molecule has 12 heavy (non-hydrogen) atoms. The van der Waals surface area contributed by atoms with E-state index in [2.05, 4.69) is 10.5 Å². The first-order valence-corrected chi connectivity index (χ1v) is 3.64. The zero-order valence-electron chi connectivity index (χ0n) is 6.87. The quantitative estimate of drug-likeness (QED) is 0.519. The van der Waals surface area contributed by atoms with Crippen molar-refractivity contribution in [1.82, 2.24) is 5.32 Å². The summed E-state index contributed by atoms with van der Waals surface area (Å²) in [5.74, 6) is 0. The minimum Gasteiger partial charge on any atom is -0.316 e. The van der Waals surface area contributed by atoms with Gasteiger partial charge >= 0.3 is 0 Å². The van der Waals surface area contributed by atoms with Crippen molar-refractivity contribution in [3.8, 4) is 0 Å². The lowest BCUT2D eigenvalue weighted by Gasteiger charge is -2.04. The highest BCUT2D eigenvalue weighted by atomic mass is 16.3. The van der Waals surface area contributed by atoms with E-state index in [9.17, 15) is 4.91 Å². The number of benzene rings is 1. The molecule has 1 aromatic carbocycles. The van der Waals surface area contributed by atoms with Crippen LogP contribution in [0.4, 0.5) is 5.69 Å². The van der Waals surface area contributed by atoms with Crippen LogP contribution in [0.1, 0.15) is 5.56 Å². The van der Waals surface area contributed by atoms with E-state index >= 15 is 0 Å². The lowest BCUT2D eigenvalue weighted by molar-refractivity contribution is 0.822. The summed E-state index contributed by atoms with van der Waals surface area (Å²) in [6, 6.07) is 4.96. The van der Waals surface area contributed by atoms with E-state index in [-0.39, 0.29) is 0 Å². The van der Waals surface area contributed by atoms with E-state index in [0.717, 1.165) is 5.56 Å². The second-order valence-corrected chi connectivity index (χ2v) is 2.50. The molecule has 0 bridgehead atoms. The second kappa shape index (κ2) is 4.02. The van der Waals surface area contributed by atoms with Gasteiger partial charge in [-0.3, -0.25) is 0 Å². The number of nitroso groups, excluding NO2 is 1. The highest BCUT2D eigenvalue weighted by Gasteiger charge is 1.98. The molecule has 0 aromatic heterocycles. The third-order valence-corrected chi connectivity index (χ3v) is 1.60. The van der Waals surface area contributed by atoms with Crippen molar-refractivity contribution in [1.29, 1.82) is 0 Å². The van der Waals surface area contributed by atoms with Crippen LogP contribution < -0.4 is 10.8 Å². The van der Waals surface area contributed by atoms with Crippen LogP contribution >= 0.6 is 0 Å². The van der Waals surface area contributed by atoms with Gasteiger partial charge in [0.05, 0.1) is 0 Å². The topological polar surface area (TPSA) is 41.5 Å². The van der Waals surface area contributed by atoms with Gasteiger partial charge in [-0.1, -0.05) is 11.5 Å². The minimum atomic E-state index is 0.412. The standard InChI is InChI=1S/C8H9BN2O/c1-10-5-6-4-7(11-12)2-3-8(6)9/h2-4,10H,5H2,1H3. The van der Waals surface area contributed by atoms with Gasteiger partial charge in [0.2, 0.25) is 0 Å². The van der Waals surface area contributed by atoms with Gasteiger partial charge in [0.25, 0.3) is 0 Å². The van der Waals surface area contributed by atoms with E-state index in [0.29, 0.717) is 17.7 Å². The predicted molar refractivity (Wildman–Crippen MR) is 50.0 cm³/mol. The minimum absolute atomic E-state index is 0.412. The summed E-state index contributed by atoms with van der Waals surface area (Å²) in [5.41, 5.74) is 1.99. The van der Waals surface area contributed by atoms with Crippen molar-refractivity contribution < 1.29 is 0 Å². The van der Waals surface area contributed by atoms with E-state index in [1.54, 1.807) is 18.2 Å². The third-order valence-electron chi connectivity index (χ3n) is 1.60. The molecule has 1 N–H and O–H groups in total. The van der Waals surface area contributed by atoms with Crippen molar-refractivity contribution in [3.63, 3.8) is 0 Å². The van der Waals surface area contributed by atoms with Crippen LogP contribution in [0.2, 0.25) is 0 Å². The van der Waals surface area contributed by atoms with Crippen LogP contribution in [0.3, 0.4) is 0 Å². The average molecular weight is 160 g/mol. The fourth-order valence-corrected chi connectivity index (χ4v) is 0.992. The maximum atomic E-state index is 10.2. The second-order valence-electron chi connectivity index (χ2n) is 2.50. The molecular formula is C8H9BN2O. The highest BCUT2D eigenvalue weighted by Crippen LogP contribution is 2.11. The highest BCUT2D eigenvalue weighted by molar-refractivity contribution is 6.33. The Bertz CT molecular complexity index is 288. The van der Waals surface area contributed by atoms with Gasteiger partial charge in [0.15, 0.2) is 0 Å². The Labute approximate surface area is 72.6 Å². The van der Waals surface area contributed by atoms with Gasteiger partial charge in [-0.2, -0.15) is 0 Å². The number of nitrogens with one attached hydrogen (secondary N) is 1. The average Bonchev–Trinajstić information content (AvgIpc) is 2.09. The molecular weight excluding hydrogens is 151 g/mol. The summed E-state index contributed by atoms with van der Waals surface area (Å²) in [6.07, 6.45) is 0. The van der Waals surface area contributed by atoms with Crippen LogP contribution in [-0.4, -0.2) is 14.9 Å². The van der Waals surface area contributed by atoms with Crippen molar-refractivity contribution >= 4 is 19.0 Å². The number of nitrogens with zero attached hydrogens (tertiary/aromatic N) is 1. The smallest absolute Gasteiger partial charge is 0.114 e. The SMILES string of the molecule is [B]c1ccc(N=O)cc1CNC. The predicted octanol–water partition coefficient (Wildman–Crippen LogP) is 0.598. The molecule has 2 radical (unpaired) electrons. The zero-order chi connectivity index (χ0) is 8.97. The van der Waals surface area contributed by atoms with Gasteiger partial charge in [0.1, 0.15) is 13.5 Å². The first-order valence-electron chi connectivity index (χ1n) is 3.64. The molecule has 0 fully saturated rings. The Morgan fingerprint density at radius 2 is 2.33 bits per heavy atom. The Kier molecular flexibility index (Phi) is 2.99. The lowest BCUT2D eigenvalue weighted by atomic mass is 9.90. The fraction of sp³-hybridized carbons (Fsp3) is 0.250. The summed E-state index contributed by atoms with van der Waals surface area (Å²) < 4.78 is 0. The molecule has 1 aromatic rings. The largest absolute Gasteiger partial charge is 0.316 e. The van der Waals surface area contributed by atoms with E-state index in [4.69, 9.17) is 7.85 Å². The molecule has 0 amide bonds. The molecule has 1 rings (SSSR count). The van der Waals surface area contributed by atoms with E-state index in [1.165, 1.54) is 0 Å². The molecule has 0 saturated heterocycles. The van der Waals surface area contributed by atoms with Crippen LogP contribution in [0.5, 0.6) is 0 Å². The summed E-state index contributed by atoms with van der Waals surface area (Å²) in [7, 11) is 7.47. The van der Waals surface area contributed by atoms with Crippen molar-refractivity contribution in [2.45, 2.75) is 6.54 Å². The molecule has 60 valence electrons. The van der Waals surface area contributed by atoms with Crippen LogP contribution in [-0.2, 0) is 6.54 Å². The Balaban J connectivity index is 2.99. The molecule has 0 aliphatic heterocycles. The molecule has 0 heterocycles. The van der Waals surface area contributed by atoms with E-state index < -0.39 is 0 Å². The van der Waals surface area contributed by atoms with Gasteiger partial charge in [0, 0.05) is 6.54 Å². The summed E-state index contributed by atoms with van der Waals surface area (Å²) in [4.78, 5) is 10.2. The molecule has 3 nitrogen and oxygen atoms in total. The zero-order valence-corrected chi connectivity index (χ0v) is 6.87. The van der Waals surface area contributed by atoms with Crippen LogP contribution in [0, 0.1) is 4.91 Å². The Hall–Kier alpha value is -1.16. The summed E-state index contributed by atoms with van der Waals surface area (Å²) in [5, 5.41) is 5.77. The van der Waals surface area contributed by atoms with Gasteiger partial charge in [-0.05, 0) is 29.9 Å². The molecule has 0 aliphatic rings. The maximum Gasteiger partial charge on any atom is 0.114 e. The normalized spacial score (nSPS) is 9.75. The first-order chi connectivity index (χ1) is 5.77. The summed E-state index contributed by atoms with van der Waals surface area (Å²) >= 11 is 0. The number of hydrogen-bond donors (Lipinski definition) is 1. The van der Waals surface area contributed by atoms with Crippen molar-refractivity contribution in [3.05, 3.63) is 28.7 Å². The monoisotopic (exact) mass is 160 g/mol. The fourth-order valence-electron chi connectivity index (χ4n) is 0.992. The molecule has 0 spiro atoms. The molecule has 0 aliphatic carbocycles. The third kappa shape index (κ3) is 1.92. The van der Waals surface area contributed by atoms with Crippen molar-refractivity contribution in [2.75, 3.05) is 7.05 Å². The van der Waals surface area contributed by atoms with Crippen molar-refractivity contribution in [2.24, 2.45) is 5.18 Å².